The minimum atomic E-state index is -1.62. The van der Waals surface area contributed by atoms with Crippen molar-refractivity contribution in [3.8, 4) is 0 Å². The van der Waals surface area contributed by atoms with Gasteiger partial charge in [0.05, 0.1) is 5.92 Å². The molecule has 0 saturated heterocycles. The van der Waals surface area contributed by atoms with Crippen LogP contribution < -0.4 is 0 Å². The lowest BCUT2D eigenvalue weighted by Crippen LogP contribution is -2.27. The van der Waals surface area contributed by atoms with Gasteiger partial charge < -0.3 is 10.2 Å². The van der Waals surface area contributed by atoms with Gasteiger partial charge in [0.1, 0.15) is 0 Å². The van der Waals surface area contributed by atoms with E-state index in [1.807, 2.05) is 0 Å². The van der Waals surface area contributed by atoms with Crippen LogP contribution >= 0.6 is 0 Å². The van der Waals surface area contributed by atoms with E-state index in [0.29, 0.717) is 6.42 Å². The molecular formula is C9H12O5. The summed E-state index contributed by atoms with van der Waals surface area (Å²) in [4.78, 5) is 31.9. The molecule has 5 nitrogen and oxygen atoms in total. The van der Waals surface area contributed by atoms with Gasteiger partial charge in [0.2, 0.25) is 5.78 Å². The van der Waals surface area contributed by atoms with Crippen molar-refractivity contribution in [3.63, 3.8) is 0 Å². The summed E-state index contributed by atoms with van der Waals surface area (Å²) in [6.45, 7) is 4.93. The van der Waals surface area contributed by atoms with Gasteiger partial charge in [0.15, 0.2) is 0 Å². The Morgan fingerprint density at radius 1 is 1.21 bits per heavy atom. The fraction of sp³-hybridized carbons (Fsp3) is 0.444. The molecule has 0 bridgehead atoms. The highest BCUT2D eigenvalue weighted by molar-refractivity contribution is 6.35. The molecule has 0 rings (SSSR count). The number of hydrogen-bond acceptors (Lipinski definition) is 3. The third kappa shape index (κ3) is 3.01. The number of ketones is 1. The van der Waals surface area contributed by atoms with Crippen molar-refractivity contribution in [2.45, 2.75) is 19.8 Å². The van der Waals surface area contributed by atoms with Crippen LogP contribution in [0.4, 0.5) is 0 Å². The summed E-state index contributed by atoms with van der Waals surface area (Å²) >= 11 is 0. The van der Waals surface area contributed by atoms with Crippen molar-refractivity contribution in [2.24, 2.45) is 5.92 Å². The van der Waals surface area contributed by atoms with Crippen LogP contribution in [0, 0.1) is 5.92 Å². The largest absolute Gasteiger partial charge is 0.478 e. The van der Waals surface area contributed by atoms with Gasteiger partial charge in [0, 0.05) is 5.57 Å². The van der Waals surface area contributed by atoms with E-state index in [2.05, 4.69) is 6.58 Å². The molecule has 1 atom stereocenters. The van der Waals surface area contributed by atoms with Crippen molar-refractivity contribution >= 4 is 17.7 Å². The molecule has 0 aliphatic carbocycles. The fourth-order valence-electron chi connectivity index (χ4n) is 1.05. The number of hydrogen-bond donors (Lipinski definition) is 2. The Labute approximate surface area is 81.0 Å². The summed E-state index contributed by atoms with van der Waals surface area (Å²) in [6.07, 6.45) is 0.715. The first-order valence-electron chi connectivity index (χ1n) is 4.11. The normalized spacial score (nSPS) is 11.8. The maximum Gasteiger partial charge on any atom is 0.372 e. The molecule has 0 saturated carbocycles. The van der Waals surface area contributed by atoms with Crippen LogP contribution in [0.5, 0.6) is 0 Å². The molecule has 0 spiro atoms. The van der Waals surface area contributed by atoms with Gasteiger partial charge in [-0.25, -0.2) is 9.59 Å². The lowest BCUT2D eigenvalue weighted by Gasteiger charge is -2.11. The van der Waals surface area contributed by atoms with Gasteiger partial charge in [-0.2, -0.15) is 0 Å². The molecule has 0 fully saturated rings. The molecule has 5 heteroatoms. The highest BCUT2D eigenvalue weighted by Crippen LogP contribution is 2.17. The molecule has 0 amide bonds. The van der Waals surface area contributed by atoms with Crippen molar-refractivity contribution < 1.29 is 24.6 Å². The fourth-order valence-corrected chi connectivity index (χ4v) is 1.05. The minimum Gasteiger partial charge on any atom is -0.478 e. The van der Waals surface area contributed by atoms with Crippen molar-refractivity contribution in [1.82, 2.24) is 0 Å². The van der Waals surface area contributed by atoms with Crippen molar-refractivity contribution in [2.75, 3.05) is 0 Å². The predicted octanol–water partition coefficient (Wildman–Crippen LogP) is 0.697. The highest BCUT2D eigenvalue weighted by Gasteiger charge is 2.29. The van der Waals surface area contributed by atoms with Gasteiger partial charge in [0.25, 0.3) is 0 Å². The van der Waals surface area contributed by atoms with Gasteiger partial charge in [-0.3, -0.25) is 4.79 Å². The molecule has 0 aliphatic heterocycles. The third-order valence-electron chi connectivity index (χ3n) is 1.80. The van der Waals surface area contributed by atoms with Crippen LogP contribution in [0.3, 0.4) is 0 Å². The summed E-state index contributed by atoms with van der Waals surface area (Å²) in [7, 11) is 0. The predicted molar refractivity (Wildman–Crippen MR) is 47.8 cm³/mol. The van der Waals surface area contributed by atoms with Gasteiger partial charge in [-0.05, 0) is 6.42 Å². The van der Waals surface area contributed by atoms with Crippen molar-refractivity contribution in [3.05, 3.63) is 12.2 Å². The third-order valence-corrected chi connectivity index (χ3v) is 1.80. The minimum absolute atomic E-state index is 0.191. The average molecular weight is 200 g/mol. The Morgan fingerprint density at radius 3 is 2.00 bits per heavy atom. The van der Waals surface area contributed by atoms with E-state index in [-0.39, 0.29) is 12.0 Å². The number of rotatable bonds is 6. The summed E-state index contributed by atoms with van der Waals surface area (Å²) in [6, 6.07) is 0. The average Bonchev–Trinajstić information content (AvgIpc) is 2.11. The summed E-state index contributed by atoms with van der Waals surface area (Å²) in [5.41, 5.74) is -0.362. The van der Waals surface area contributed by atoms with E-state index in [0.717, 1.165) is 0 Å². The van der Waals surface area contributed by atoms with Gasteiger partial charge >= 0.3 is 11.9 Å². The van der Waals surface area contributed by atoms with Crippen LogP contribution in [0.1, 0.15) is 19.8 Å². The van der Waals surface area contributed by atoms with Crippen LogP contribution in [0.25, 0.3) is 0 Å². The zero-order valence-electron chi connectivity index (χ0n) is 7.82. The monoisotopic (exact) mass is 200 g/mol. The molecule has 0 radical (unpaired) electrons. The summed E-state index contributed by atoms with van der Waals surface area (Å²) in [5.74, 6) is -5.18. The van der Waals surface area contributed by atoms with E-state index in [4.69, 9.17) is 10.2 Å². The molecule has 0 heterocycles. The van der Waals surface area contributed by atoms with E-state index in [1.165, 1.54) is 0 Å². The lowest BCUT2D eigenvalue weighted by atomic mass is 9.91. The second-order valence-electron chi connectivity index (χ2n) is 2.84. The van der Waals surface area contributed by atoms with Crippen LogP contribution in [0.15, 0.2) is 12.2 Å². The number of carbonyl (C=O) groups is 3. The summed E-state index contributed by atoms with van der Waals surface area (Å²) in [5, 5.41) is 17.0. The molecule has 78 valence electrons. The van der Waals surface area contributed by atoms with Crippen LogP contribution in [0.2, 0.25) is 0 Å². The smallest absolute Gasteiger partial charge is 0.372 e. The van der Waals surface area contributed by atoms with Gasteiger partial charge in [-0.15, -0.1) is 0 Å². The summed E-state index contributed by atoms with van der Waals surface area (Å²) < 4.78 is 0. The van der Waals surface area contributed by atoms with Gasteiger partial charge in [-0.1, -0.05) is 19.9 Å². The SMILES string of the molecule is C=C(C(=O)O)C(CCC)C(=O)C(=O)O. The maximum atomic E-state index is 11.1. The topological polar surface area (TPSA) is 91.7 Å². The molecule has 0 aromatic rings. The molecule has 14 heavy (non-hydrogen) atoms. The molecule has 0 aliphatic rings. The Balaban J connectivity index is 4.76. The Bertz CT molecular complexity index is 253. The molecule has 0 aromatic carbocycles. The van der Waals surface area contributed by atoms with E-state index >= 15 is 0 Å². The first-order chi connectivity index (χ1) is 6.41. The Morgan fingerprint density at radius 2 is 1.71 bits per heavy atom. The van der Waals surface area contributed by atoms with Crippen LogP contribution in [-0.4, -0.2) is 27.9 Å². The van der Waals surface area contributed by atoms with E-state index < -0.39 is 23.6 Å². The second kappa shape index (κ2) is 5.16. The van der Waals surface area contributed by atoms with Crippen molar-refractivity contribution in [1.29, 1.82) is 0 Å². The Hall–Kier alpha value is -1.65. The lowest BCUT2D eigenvalue weighted by molar-refractivity contribution is -0.151. The highest BCUT2D eigenvalue weighted by atomic mass is 16.4. The number of Topliss-reactive ketones (excluding diaryl/α,β-unsaturated/α-hetero) is 1. The standard InChI is InChI=1S/C9H12O5/c1-3-4-6(5(2)8(11)12)7(10)9(13)14/h6H,2-4H2,1H3,(H,11,12)(H,13,14). The number of carbonyl (C=O) groups excluding carboxylic acids is 1. The van der Waals surface area contributed by atoms with E-state index in [9.17, 15) is 14.4 Å². The van der Waals surface area contributed by atoms with E-state index in [1.54, 1.807) is 6.92 Å². The quantitative estimate of drug-likeness (QED) is 0.486. The molecule has 2 N–H and O–H groups in total. The molecule has 1 unspecified atom stereocenters. The number of carboxylic acids is 2. The first-order valence-corrected chi connectivity index (χ1v) is 4.11. The zero-order valence-corrected chi connectivity index (χ0v) is 7.82. The first kappa shape index (κ1) is 12.3. The number of aliphatic carboxylic acids is 2. The zero-order chi connectivity index (χ0) is 11.3. The second-order valence-corrected chi connectivity index (χ2v) is 2.84. The molecular weight excluding hydrogens is 188 g/mol. The molecule has 0 aromatic heterocycles. The maximum absolute atomic E-state index is 11.1. The number of carboxylic acid groups (broad SMARTS) is 2. The van der Waals surface area contributed by atoms with Crippen LogP contribution in [-0.2, 0) is 14.4 Å². The Kier molecular flexibility index (Phi) is 4.55.